The van der Waals surface area contributed by atoms with Crippen LogP contribution in [0.2, 0.25) is 0 Å². The molecule has 2 aromatic carbocycles. The van der Waals surface area contributed by atoms with Gasteiger partial charge in [-0.1, -0.05) is 48.5 Å². The highest BCUT2D eigenvalue weighted by Crippen LogP contribution is 2.55. The van der Waals surface area contributed by atoms with Crippen molar-refractivity contribution in [3.05, 3.63) is 70.8 Å². The molecule has 1 nitrogen and oxygen atoms in total. The van der Waals surface area contributed by atoms with E-state index in [0.717, 1.165) is 22.3 Å². The molecule has 0 aromatic heterocycles. The molecule has 2 bridgehead atoms. The number of carbonyl (C=O) groups excluding carboxylic acids is 1. The molecule has 0 saturated carbocycles. The molecule has 19 heavy (non-hydrogen) atoms. The normalized spacial score (nSPS) is 35.5. The third-order valence-electron chi connectivity index (χ3n) is 4.04. The van der Waals surface area contributed by atoms with Crippen LogP contribution >= 0.6 is 11.6 Å². The molecule has 0 saturated heterocycles. The van der Waals surface area contributed by atoms with Crippen molar-refractivity contribution < 1.29 is 8.91 Å². The standard InChI is InChI=1S/C17H13ClO/c18-17(19)15-9-14-10-5-1-3-7-12(10)16(15)13-8-4-2-6-11(13)14/h1-8,14-16H,9H2/i9D2,15D. The molecular weight excluding hydrogens is 256 g/mol. The first-order valence-electron chi connectivity index (χ1n) is 7.78. The molecule has 3 aliphatic rings. The SMILES string of the molecule is [2H]C1([2H])C2c3ccccc3C(c3ccccc32)C1([2H])C(=O)Cl. The van der Waals surface area contributed by atoms with Gasteiger partial charge in [-0.25, -0.2) is 0 Å². The minimum Gasteiger partial charge on any atom is -0.281 e. The van der Waals surface area contributed by atoms with Gasteiger partial charge >= 0.3 is 0 Å². The Balaban J connectivity index is 2.15. The maximum absolute atomic E-state index is 12.1. The van der Waals surface area contributed by atoms with E-state index >= 15 is 0 Å². The van der Waals surface area contributed by atoms with Crippen LogP contribution in [-0.4, -0.2) is 5.24 Å². The molecule has 0 N–H and O–H groups in total. The minimum atomic E-state index is -2.06. The molecule has 5 rings (SSSR count). The van der Waals surface area contributed by atoms with Crippen molar-refractivity contribution in [2.45, 2.75) is 18.2 Å². The summed E-state index contributed by atoms with van der Waals surface area (Å²) in [6.45, 7) is 0. The number of hydrogen-bond acceptors (Lipinski definition) is 1. The number of carbonyl (C=O) groups is 1. The predicted octanol–water partition coefficient (Wildman–Crippen LogP) is 4.05. The third kappa shape index (κ3) is 1.45. The molecule has 0 aliphatic heterocycles. The fraction of sp³-hybridized carbons (Fsp3) is 0.235. The highest BCUT2D eigenvalue weighted by molar-refractivity contribution is 6.64. The minimum absolute atomic E-state index is 0.648. The average Bonchev–Trinajstić information content (AvgIpc) is 2.50. The lowest BCUT2D eigenvalue weighted by Crippen LogP contribution is -2.34. The van der Waals surface area contributed by atoms with Gasteiger partial charge in [-0.3, -0.25) is 4.79 Å². The van der Waals surface area contributed by atoms with Crippen LogP contribution in [0.15, 0.2) is 48.5 Å². The van der Waals surface area contributed by atoms with Crippen LogP contribution in [0.5, 0.6) is 0 Å². The second kappa shape index (κ2) is 3.94. The van der Waals surface area contributed by atoms with Gasteiger partial charge in [0.1, 0.15) is 0 Å². The topological polar surface area (TPSA) is 17.1 Å². The van der Waals surface area contributed by atoms with E-state index < -0.39 is 29.3 Å². The van der Waals surface area contributed by atoms with Crippen LogP contribution in [0, 0.1) is 5.89 Å². The number of rotatable bonds is 1. The first-order valence-corrected chi connectivity index (χ1v) is 6.66. The molecule has 0 radical (unpaired) electrons. The van der Waals surface area contributed by atoms with Crippen molar-refractivity contribution >= 4 is 16.8 Å². The molecule has 2 aromatic rings. The van der Waals surface area contributed by atoms with Gasteiger partial charge in [-0.2, -0.15) is 0 Å². The van der Waals surface area contributed by atoms with Crippen LogP contribution in [0.1, 0.15) is 44.6 Å². The number of benzene rings is 2. The molecule has 0 spiro atoms. The molecule has 2 heteroatoms. The lowest BCUT2D eigenvalue weighted by atomic mass is 9.59. The van der Waals surface area contributed by atoms with Gasteiger partial charge in [0.05, 0.1) is 0 Å². The summed E-state index contributed by atoms with van der Waals surface area (Å²) in [6.07, 6.45) is -2.06. The maximum atomic E-state index is 12.1. The Kier molecular flexibility index (Phi) is 1.77. The van der Waals surface area contributed by atoms with Crippen LogP contribution < -0.4 is 0 Å². The molecule has 0 amide bonds. The van der Waals surface area contributed by atoms with Gasteiger partial charge in [0.2, 0.25) is 5.24 Å². The Morgan fingerprint density at radius 3 is 2.00 bits per heavy atom. The summed E-state index contributed by atoms with van der Waals surface area (Å²) in [7, 11) is 0. The fourth-order valence-corrected chi connectivity index (χ4v) is 3.45. The third-order valence-corrected chi connectivity index (χ3v) is 4.24. The van der Waals surface area contributed by atoms with Gasteiger partial charge in [-0.05, 0) is 40.2 Å². The van der Waals surface area contributed by atoms with E-state index in [-0.39, 0.29) is 0 Å². The predicted molar refractivity (Wildman–Crippen MR) is 75.5 cm³/mol. The van der Waals surface area contributed by atoms with E-state index in [0.29, 0.717) is 0 Å². The van der Waals surface area contributed by atoms with E-state index in [1.54, 1.807) is 0 Å². The zero-order valence-electron chi connectivity index (χ0n) is 13.1. The van der Waals surface area contributed by atoms with Crippen molar-refractivity contribution in [2.24, 2.45) is 5.89 Å². The van der Waals surface area contributed by atoms with Crippen LogP contribution in [0.3, 0.4) is 0 Å². The Labute approximate surface area is 121 Å². The van der Waals surface area contributed by atoms with Gasteiger partial charge in [0, 0.05) is 21.8 Å². The van der Waals surface area contributed by atoms with Crippen molar-refractivity contribution in [1.82, 2.24) is 0 Å². The van der Waals surface area contributed by atoms with E-state index in [1.807, 2.05) is 48.5 Å². The second-order valence-corrected chi connectivity index (χ2v) is 5.30. The molecule has 1 atom stereocenters. The molecule has 1 unspecified atom stereocenters. The lowest BCUT2D eigenvalue weighted by molar-refractivity contribution is -0.116. The number of halogens is 1. The summed E-state index contributed by atoms with van der Waals surface area (Å²) in [4.78, 5) is 12.1. The molecule has 3 aliphatic carbocycles. The van der Waals surface area contributed by atoms with Gasteiger partial charge in [-0.15, -0.1) is 0 Å². The summed E-state index contributed by atoms with van der Waals surface area (Å²) >= 11 is 5.74. The highest BCUT2D eigenvalue weighted by Gasteiger charge is 2.45. The van der Waals surface area contributed by atoms with E-state index in [1.165, 1.54) is 0 Å². The van der Waals surface area contributed by atoms with E-state index in [9.17, 15) is 4.79 Å². The largest absolute Gasteiger partial charge is 0.281 e. The van der Waals surface area contributed by atoms with E-state index in [2.05, 4.69) is 0 Å². The maximum Gasteiger partial charge on any atom is 0.225 e. The number of hydrogen-bond donors (Lipinski definition) is 0. The molecular formula is C17H13ClO. The van der Waals surface area contributed by atoms with Crippen molar-refractivity contribution in [3.8, 4) is 0 Å². The first kappa shape index (κ1) is 8.55. The van der Waals surface area contributed by atoms with Crippen molar-refractivity contribution in [2.75, 3.05) is 0 Å². The fourth-order valence-electron chi connectivity index (χ4n) is 3.28. The summed E-state index contributed by atoms with van der Waals surface area (Å²) in [6, 6.07) is 15.0. The second-order valence-electron chi connectivity index (χ2n) is 4.96. The Morgan fingerprint density at radius 1 is 1.05 bits per heavy atom. The van der Waals surface area contributed by atoms with Gasteiger partial charge in [0.25, 0.3) is 0 Å². The molecule has 0 heterocycles. The summed E-state index contributed by atoms with van der Waals surface area (Å²) in [5.74, 6) is -3.34. The summed E-state index contributed by atoms with van der Waals surface area (Å²) in [5, 5.41) is -0.934. The smallest absolute Gasteiger partial charge is 0.225 e. The van der Waals surface area contributed by atoms with Crippen LogP contribution in [0.25, 0.3) is 0 Å². The summed E-state index contributed by atoms with van der Waals surface area (Å²) in [5.41, 5.74) is 3.39. The van der Waals surface area contributed by atoms with Gasteiger partial charge < -0.3 is 0 Å². The van der Waals surface area contributed by atoms with Crippen molar-refractivity contribution in [3.63, 3.8) is 0 Å². The zero-order valence-corrected chi connectivity index (χ0v) is 10.8. The Bertz CT molecular complexity index is 756. The van der Waals surface area contributed by atoms with Gasteiger partial charge in [0.15, 0.2) is 0 Å². The zero-order chi connectivity index (χ0) is 15.7. The van der Waals surface area contributed by atoms with E-state index in [4.69, 9.17) is 15.7 Å². The highest BCUT2D eigenvalue weighted by atomic mass is 35.5. The van der Waals surface area contributed by atoms with Crippen molar-refractivity contribution in [1.29, 1.82) is 0 Å². The molecule has 94 valence electrons. The monoisotopic (exact) mass is 271 g/mol. The lowest BCUT2D eigenvalue weighted by Gasteiger charge is -2.44. The van der Waals surface area contributed by atoms with Crippen LogP contribution in [0.4, 0.5) is 0 Å². The quantitative estimate of drug-likeness (QED) is 0.715. The Morgan fingerprint density at radius 2 is 1.53 bits per heavy atom. The molecule has 0 fully saturated rings. The number of fused-ring (bicyclic) bond motifs is 1. The summed E-state index contributed by atoms with van der Waals surface area (Å²) < 4.78 is 25.7. The van der Waals surface area contributed by atoms with Crippen LogP contribution in [-0.2, 0) is 4.79 Å². The Hall–Kier alpha value is -1.60. The first-order chi connectivity index (χ1) is 10.4. The average molecular weight is 272 g/mol.